The molecule has 31 heavy (non-hydrogen) atoms. The number of halogens is 3. The molecule has 1 saturated heterocycles. The van der Waals surface area contributed by atoms with Crippen molar-refractivity contribution in [3.05, 3.63) is 75.1 Å². The van der Waals surface area contributed by atoms with Crippen LogP contribution in [0.25, 0.3) is 0 Å². The molecule has 1 heterocycles. The maximum absolute atomic E-state index is 14.2. The first kappa shape index (κ1) is 22.7. The lowest BCUT2D eigenvalue weighted by molar-refractivity contribution is -0.528. The third-order valence-electron chi connectivity index (χ3n) is 5.35. The van der Waals surface area contributed by atoms with Crippen LogP contribution in [0.1, 0.15) is 23.5 Å². The molecule has 1 fully saturated rings. The van der Waals surface area contributed by atoms with Gasteiger partial charge in [-0.1, -0.05) is 12.1 Å². The van der Waals surface area contributed by atoms with Gasteiger partial charge in [-0.15, -0.1) is 0 Å². The number of piperidine rings is 1. The summed E-state index contributed by atoms with van der Waals surface area (Å²) in [4.78, 5) is 24.9. The van der Waals surface area contributed by atoms with Crippen molar-refractivity contribution in [3.8, 4) is 0 Å². The Bertz CT molecular complexity index is 1120. The normalized spacial score (nSPS) is 19.5. The van der Waals surface area contributed by atoms with E-state index in [4.69, 9.17) is 0 Å². The van der Waals surface area contributed by atoms with Crippen LogP contribution >= 0.6 is 0 Å². The number of nitro groups is 1. The van der Waals surface area contributed by atoms with Crippen molar-refractivity contribution in [1.29, 1.82) is 0 Å². The molecule has 1 aliphatic rings. The van der Waals surface area contributed by atoms with Crippen LogP contribution < -0.4 is 0 Å². The number of carbonyl (C=O) groups excluding carboxylic acids is 1. The Balaban J connectivity index is 1.75. The van der Waals surface area contributed by atoms with E-state index >= 15 is 0 Å². The van der Waals surface area contributed by atoms with E-state index in [2.05, 4.69) is 0 Å². The van der Waals surface area contributed by atoms with Crippen LogP contribution in [0.3, 0.4) is 0 Å². The Morgan fingerprint density at radius 3 is 2.29 bits per heavy atom. The first-order valence-electron chi connectivity index (χ1n) is 9.32. The molecule has 0 bridgehead atoms. The Labute approximate surface area is 176 Å². The number of amides is 1. The fourth-order valence-corrected chi connectivity index (χ4v) is 4.27. The molecular formula is C20H19F3N2O5S. The standard InChI is InChI=1S/C20H19F3N2O5S/c1-31(29,30)13-4-2-12(3-5-13)6-7-24-11-19(25(27)28)15(9-20(24)26)14-8-17(22)18(23)10-16(14)21/h2-5,8,10,15,19H,6-7,9,11H2,1H3/t15-,19+/m1/s1. The number of likely N-dealkylation sites (tertiary alicyclic amines) is 1. The van der Waals surface area contributed by atoms with E-state index in [-0.39, 0.29) is 18.0 Å². The summed E-state index contributed by atoms with van der Waals surface area (Å²) in [6, 6.07) is 5.56. The molecule has 0 N–H and O–H groups in total. The van der Waals surface area contributed by atoms with Crippen LogP contribution in [0, 0.1) is 27.6 Å². The molecule has 3 rings (SSSR count). The van der Waals surface area contributed by atoms with Gasteiger partial charge in [0.25, 0.3) is 0 Å². The number of hydrogen-bond acceptors (Lipinski definition) is 5. The van der Waals surface area contributed by atoms with Crippen molar-refractivity contribution >= 4 is 15.7 Å². The van der Waals surface area contributed by atoms with Gasteiger partial charge < -0.3 is 4.90 Å². The van der Waals surface area contributed by atoms with Crippen molar-refractivity contribution in [1.82, 2.24) is 4.90 Å². The van der Waals surface area contributed by atoms with Crippen LogP contribution in [-0.4, -0.2) is 49.5 Å². The Hall–Kier alpha value is -2.95. The molecule has 2 atom stereocenters. The minimum absolute atomic E-state index is 0.133. The summed E-state index contributed by atoms with van der Waals surface area (Å²) in [6.45, 7) is -0.176. The molecule has 166 valence electrons. The molecule has 1 aliphatic heterocycles. The highest BCUT2D eigenvalue weighted by Gasteiger charge is 2.43. The minimum Gasteiger partial charge on any atom is -0.335 e. The van der Waals surface area contributed by atoms with Crippen LogP contribution in [-0.2, 0) is 21.1 Å². The van der Waals surface area contributed by atoms with Crippen molar-refractivity contribution in [2.45, 2.75) is 29.7 Å². The van der Waals surface area contributed by atoms with Gasteiger partial charge in [-0.3, -0.25) is 14.9 Å². The monoisotopic (exact) mass is 456 g/mol. The summed E-state index contributed by atoms with van der Waals surface area (Å²) in [6.07, 6.45) is 0.990. The topological polar surface area (TPSA) is 97.6 Å². The minimum atomic E-state index is -3.34. The van der Waals surface area contributed by atoms with E-state index in [0.29, 0.717) is 18.6 Å². The first-order valence-corrected chi connectivity index (χ1v) is 11.2. The molecule has 11 heteroatoms. The zero-order valence-corrected chi connectivity index (χ0v) is 17.2. The lowest BCUT2D eigenvalue weighted by atomic mass is 9.84. The van der Waals surface area contributed by atoms with Crippen LogP contribution in [0.5, 0.6) is 0 Å². The van der Waals surface area contributed by atoms with Gasteiger partial charge in [0.15, 0.2) is 21.5 Å². The molecule has 2 aromatic carbocycles. The summed E-state index contributed by atoms with van der Waals surface area (Å²) >= 11 is 0. The maximum atomic E-state index is 14.2. The molecule has 2 aromatic rings. The maximum Gasteiger partial charge on any atom is 0.237 e. The van der Waals surface area contributed by atoms with E-state index in [1.807, 2.05) is 0 Å². The molecule has 0 aromatic heterocycles. The Kier molecular flexibility index (Phi) is 6.35. The molecular weight excluding hydrogens is 437 g/mol. The van der Waals surface area contributed by atoms with Gasteiger partial charge in [-0.25, -0.2) is 21.6 Å². The number of hydrogen-bond donors (Lipinski definition) is 0. The smallest absolute Gasteiger partial charge is 0.237 e. The summed E-state index contributed by atoms with van der Waals surface area (Å²) in [5, 5.41) is 11.6. The first-order chi connectivity index (χ1) is 14.5. The molecule has 0 spiro atoms. The van der Waals surface area contributed by atoms with E-state index in [1.54, 1.807) is 12.1 Å². The quantitative estimate of drug-likeness (QED) is 0.378. The fourth-order valence-electron chi connectivity index (χ4n) is 3.64. The number of sulfone groups is 1. The van der Waals surface area contributed by atoms with Gasteiger partial charge in [0, 0.05) is 35.8 Å². The van der Waals surface area contributed by atoms with Gasteiger partial charge in [0.1, 0.15) is 5.82 Å². The summed E-state index contributed by atoms with van der Waals surface area (Å²) in [7, 11) is -3.34. The third kappa shape index (κ3) is 5.04. The Morgan fingerprint density at radius 2 is 1.71 bits per heavy atom. The number of nitrogens with zero attached hydrogens (tertiary/aromatic N) is 2. The summed E-state index contributed by atoms with van der Waals surface area (Å²) < 4.78 is 64.0. The SMILES string of the molecule is CS(=O)(=O)c1ccc(CCN2C[C@H]([N+](=O)[O-])[C@@H](c3cc(F)c(F)cc3F)CC2=O)cc1. The van der Waals surface area contributed by atoms with Gasteiger partial charge in [-0.2, -0.15) is 0 Å². The zero-order chi connectivity index (χ0) is 22.9. The van der Waals surface area contributed by atoms with Crippen molar-refractivity contribution in [3.63, 3.8) is 0 Å². The van der Waals surface area contributed by atoms with Crippen LogP contribution in [0.2, 0.25) is 0 Å². The molecule has 0 unspecified atom stereocenters. The predicted molar refractivity (Wildman–Crippen MR) is 104 cm³/mol. The second kappa shape index (κ2) is 8.66. The van der Waals surface area contributed by atoms with E-state index < -0.39 is 62.1 Å². The van der Waals surface area contributed by atoms with Gasteiger partial charge in [-0.05, 0) is 30.2 Å². The van der Waals surface area contributed by atoms with Gasteiger partial charge >= 0.3 is 0 Å². The second-order valence-electron chi connectivity index (χ2n) is 7.46. The highest BCUT2D eigenvalue weighted by atomic mass is 32.2. The Morgan fingerprint density at radius 1 is 1.10 bits per heavy atom. The van der Waals surface area contributed by atoms with Gasteiger partial charge in [0.05, 0.1) is 17.4 Å². The summed E-state index contributed by atoms with van der Waals surface area (Å²) in [5.74, 6) is -5.58. The average Bonchev–Trinajstić information content (AvgIpc) is 2.69. The predicted octanol–water partition coefficient (Wildman–Crippen LogP) is 2.71. The fraction of sp³-hybridized carbons (Fsp3) is 0.350. The summed E-state index contributed by atoms with van der Waals surface area (Å²) in [5.41, 5.74) is 0.330. The third-order valence-corrected chi connectivity index (χ3v) is 6.48. The number of rotatable bonds is 6. The molecule has 0 radical (unpaired) electrons. The molecule has 0 saturated carbocycles. The highest BCUT2D eigenvalue weighted by Crippen LogP contribution is 2.33. The second-order valence-corrected chi connectivity index (χ2v) is 9.47. The average molecular weight is 456 g/mol. The van der Waals surface area contributed by atoms with Crippen molar-refractivity contribution in [2.24, 2.45) is 0 Å². The lowest BCUT2D eigenvalue weighted by Gasteiger charge is -2.34. The van der Waals surface area contributed by atoms with Crippen molar-refractivity contribution in [2.75, 3.05) is 19.3 Å². The largest absolute Gasteiger partial charge is 0.335 e. The zero-order valence-electron chi connectivity index (χ0n) is 16.4. The van der Waals surface area contributed by atoms with E-state index in [0.717, 1.165) is 11.8 Å². The van der Waals surface area contributed by atoms with Crippen LogP contribution in [0.15, 0.2) is 41.3 Å². The molecule has 0 aliphatic carbocycles. The molecule has 1 amide bonds. The van der Waals surface area contributed by atoms with Crippen LogP contribution in [0.4, 0.5) is 13.2 Å². The lowest BCUT2D eigenvalue weighted by Crippen LogP contribution is -2.50. The number of benzene rings is 2. The van der Waals surface area contributed by atoms with Gasteiger partial charge in [0.2, 0.25) is 11.9 Å². The van der Waals surface area contributed by atoms with E-state index in [1.165, 1.54) is 17.0 Å². The number of carbonyl (C=O) groups is 1. The van der Waals surface area contributed by atoms with Crippen molar-refractivity contribution < 1.29 is 31.3 Å². The molecule has 7 nitrogen and oxygen atoms in total. The highest BCUT2D eigenvalue weighted by molar-refractivity contribution is 7.90. The van der Waals surface area contributed by atoms with E-state index in [9.17, 15) is 36.5 Å².